The van der Waals surface area contributed by atoms with Crippen molar-refractivity contribution in [1.82, 2.24) is 19.7 Å². The number of anilines is 1. The van der Waals surface area contributed by atoms with Crippen molar-refractivity contribution in [3.8, 4) is 11.4 Å². The maximum Gasteiger partial charge on any atom is 0.233 e. The normalized spacial score (nSPS) is 14.2. The Morgan fingerprint density at radius 3 is 2.37 bits per heavy atom. The van der Waals surface area contributed by atoms with E-state index in [9.17, 15) is 9.18 Å². The number of halogens is 1. The van der Waals surface area contributed by atoms with Crippen molar-refractivity contribution >= 4 is 23.4 Å². The molecule has 0 spiro atoms. The van der Waals surface area contributed by atoms with Crippen LogP contribution in [0.3, 0.4) is 0 Å². The first kappa shape index (κ1) is 20.4. The summed E-state index contributed by atoms with van der Waals surface area (Å²) in [6.45, 7) is 5.78. The summed E-state index contributed by atoms with van der Waals surface area (Å²) in [4.78, 5) is 16.9. The molecule has 2 aromatic carbocycles. The number of hydrogen-bond acceptors (Lipinski definition) is 5. The number of thioether (sulfide) groups is 1. The molecule has 30 heavy (non-hydrogen) atoms. The second-order valence-corrected chi connectivity index (χ2v) is 7.99. The summed E-state index contributed by atoms with van der Waals surface area (Å²) in [5.74, 6) is 0.840. The van der Waals surface area contributed by atoms with Crippen LogP contribution in [0.2, 0.25) is 0 Å². The molecule has 4 rings (SSSR count). The zero-order valence-corrected chi connectivity index (χ0v) is 17.7. The number of aromatic nitrogens is 3. The minimum atomic E-state index is -0.283. The van der Waals surface area contributed by atoms with E-state index in [0.29, 0.717) is 23.3 Å². The van der Waals surface area contributed by atoms with Crippen LogP contribution in [0.5, 0.6) is 0 Å². The van der Waals surface area contributed by atoms with E-state index in [0.717, 1.165) is 31.7 Å². The van der Waals surface area contributed by atoms with E-state index in [4.69, 9.17) is 0 Å². The van der Waals surface area contributed by atoms with E-state index in [1.54, 1.807) is 12.1 Å². The van der Waals surface area contributed by atoms with Crippen LogP contribution in [0, 0.1) is 5.82 Å². The highest BCUT2D eigenvalue weighted by Gasteiger charge is 2.22. The number of para-hydroxylation sites is 1. The van der Waals surface area contributed by atoms with Gasteiger partial charge in [-0.3, -0.25) is 4.79 Å². The molecule has 1 aliphatic heterocycles. The van der Waals surface area contributed by atoms with Gasteiger partial charge >= 0.3 is 0 Å². The zero-order chi connectivity index (χ0) is 20.9. The van der Waals surface area contributed by atoms with E-state index < -0.39 is 0 Å². The van der Waals surface area contributed by atoms with Crippen molar-refractivity contribution in [1.29, 1.82) is 0 Å². The average Bonchev–Trinajstić information content (AvgIpc) is 3.21. The van der Waals surface area contributed by atoms with Gasteiger partial charge in [0.25, 0.3) is 0 Å². The highest BCUT2D eigenvalue weighted by Crippen LogP contribution is 2.25. The van der Waals surface area contributed by atoms with Gasteiger partial charge in [-0.25, -0.2) is 4.39 Å². The molecule has 0 unspecified atom stereocenters. The number of rotatable bonds is 6. The van der Waals surface area contributed by atoms with Gasteiger partial charge in [0.15, 0.2) is 11.0 Å². The van der Waals surface area contributed by atoms with E-state index in [1.807, 2.05) is 34.6 Å². The molecule has 1 aliphatic rings. The van der Waals surface area contributed by atoms with Crippen molar-refractivity contribution in [2.45, 2.75) is 18.6 Å². The topological polar surface area (TPSA) is 54.3 Å². The molecule has 2 heterocycles. The SMILES string of the molecule is CCn1c(SCC(=O)N2CCN(c3ccccc3)CC2)nnc1-c1ccc(F)cc1. The predicted octanol–water partition coefficient (Wildman–Crippen LogP) is 3.55. The molecule has 156 valence electrons. The van der Waals surface area contributed by atoms with Crippen LogP contribution in [0.25, 0.3) is 11.4 Å². The zero-order valence-electron chi connectivity index (χ0n) is 16.9. The fourth-order valence-electron chi connectivity index (χ4n) is 3.56. The quantitative estimate of drug-likeness (QED) is 0.566. The lowest BCUT2D eigenvalue weighted by atomic mass is 10.2. The monoisotopic (exact) mass is 425 g/mol. The molecule has 8 heteroatoms. The fourth-order valence-corrected chi connectivity index (χ4v) is 4.47. The van der Waals surface area contributed by atoms with Crippen LogP contribution < -0.4 is 4.90 Å². The van der Waals surface area contributed by atoms with E-state index in [1.165, 1.54) is 29.6 Å². The Morgan fingerprint density at radius 1 is 1.00 bits per heavy atom. The molecule has 0 radical (unpaired) electrons. The number of piperazine rings is 1. The lowest BCUT2D eigenvalue weighted by molar-refractivity contribution is -0.128. The van der Waals surface area contributed by atoms with Gasteiger partial charge in [-0.05, 0) is 43.3 Å². The Labute approximate surface area is 179 Å². The van der Waals surface area contributed by atoms with Crippen molar-refractivity contribution in [2.75, 3.05) is 36.8 Å². The third-order valence-electron chi connectivity index (χ3n) is 5.21. The summed E-state index contributed by atoms with van der Waals surface area (Å²) in [7, 11) is 0. The number of carbonyl (C=O) groups excluding carboxylic acids is 1. The summed E-state index contributed by atoms with van der Waals surface area (Å²) in [5, 5.41) is 9.22. The molecule has 1 fully saturated rings. The minimum Gasteiger partial charge on any atom is -0.368 e. The maximum absolute atomic E-state index is 13.2. The molecule has 1 aromatic heterocycles. The molecule has 6 nitrogen and oxygen atoms in total. The molecule has 0 bridgehead atoms. The van der Waals surface area contributed by atoms with Crippen LogP contribution in [0.15, 0.2) is 59.8 Å². The van der Waals surface area contributed by atoms with Crippen LogP contribution in [0.1, 0.15) is 6.92 Å². The van der Waals surface area contributed by atoms with Crippen molar-refractivity contribution < 1.29 is 9.18 Å². The Balaban J connectivity index is 1.35. The second-order valence-electron chi connectivity index (χ2n) is 7.05. The molecule has 1 saturated heterocycles. The number of benzene rings is 2. The van der Waals surface area contributed by atoms with E-state index in [-0.39, 0.29) is 11.7 Å². The fraction of sp³-hybridized carbons (Fsp3) is 0.318. The minimum absolute atomic E-state index is 0.113. The molecular formula is C22H24FN5OS. The Kier molecular flexibility index (Phi) is 6.32. The number of nitrogens with zero attached hydrogens (tertiary/aromatic N) is 5. The molecule has 3 aromatic rings. The molecule has 1 amide bonds. The third kappa shape index (κ3) is 4.48. The second kappa shape index (κ2) is 9.30. The van der Waals surface area contributed by atoms with E-state index >= 15 is 0 Å². The number of carbonyl (C=O) groups is 1. The summed E-state index contributed by atoms with van der Waals surface area (Å²) in [5.41, 5.74) is 2.00. The largest absolute Gasteiger partial charge is 0.368 e. The van der Waals surface area contributed by atoms with Gasteiger partial charge in [0, 0.05) is 44.0 Å². The van der Waals surface area contributed by atoms with Crippen molar-refractivity contribution in [3.63, 3.8) is 0 Å². The maximum atomic E-state index is 13.2. The van der Waals surface area contributed by atoms with Crippen molar-refractivity contribution in [2.24, 2.45) is 0 Å². The molecule has 0 aliphatic carbocycles. The van der Waals surface area contributed by atoms with Gasteiger partial charge in [0.1, 0.15) is 5.82 Å². The van der Waals surface area contributed by atoms with Crippen molar-refractivity contribution in [3.05, 3.63) is 60.4 Å². The highest BCUT2D eigenvalue weighted by atomic mass is 32.2. The van der Waals surface area contributed by atoms with Crippen LogP contribution >= 0.6 is 11.8 Å². The summed E-state index contributed by atoms with van der Waals surface area (Å²) >= 11 is 1.40. The third-order valence-corrected chi connectivity index (χ3v) is 6.17. The molecule has 0 N–H and O–H groups in total. The number of amides is 1. The lowest BCUT2D eigenvalue weighted by Crippen LogP contribution is -2.49. The van der Waals surface area contributed by atoms with Gasteiger partial charge in [-0.2, -0.15) is 0 Å². The van der Waals surface area contributed by atoms with E-state index in [2.05, 4.69) is 27.2 Å². The molecule has 0 atom stereocenters. The summed E-state index contributed by atoms with van der Waals surface area (Å²) in [6.07, 6.45) is 0. The standard InChI is InChI=1S/C22H24FN5OS/c1-2-28-21(17-8-10-18(23)11-9-17)24-25-22(28)30-16-20(29)27-14-12-26(13-15-27)19-6-4-3-5-7-19/h3-11H,2,12-16H2,1H3. The lowest BCUT2D eigenvalue weighted by Gasteiger charge is -2.36. The first-order valence-electron chi connectivity index (χ1n) is 10.1. The van der Waals surface area contributed by atoms with Gasteiger partial charge in [0.2, 0.25) is 5.91 Å². The highest BCUT2D eigenvalue weighted by molar-refractivity contribution is 7.99. The van der Waals surface area contributed by atoms with Crippen LogP contribution in [-0.4, -0.2) is 57.5 Å². The summed E-state index contributed by atoms with van der Waals surface area (Å²) < 4.78 is 15.2. The first-order valence-corrected chi connectivity index (χ1v) is 11.0. The van der Waals surface area contributed by atoms with Gasteiger partial charge < -0.3 is 14.4 Å². The number of hydrogen-bond donors (Lipinski definition) is 0. The molecular weight excluding hydrogens is 401 g/mol. The first-order chi connectivity index (χ1) is 14.7. The average molecular weight is 426 g/mol. The van der Waals surface area contributed by atoms with Crippen LogP contribution in [-0.2, 0) is 11.3 Å². The molecule has 0 saturated carbocycles. The Bertz CT molecular complexity index is 985. The Morgan fingerprint density at radius 2 is 1.70 bits per heavy atom. The Hall–Kier alpha value is -2.87. The van der Waals surface area contributed by atoms with Gasteiger partial charge in [-0.15, -0.1) is 10.2 Å². The smallest absolute Gasteiger partial charge is 0.233 e. The predicted molar refractivity (Wildman–Crippen MR) is 117 cm³/mol. The van der Waals surface area contributed by atoms with Crippen LogP contribution in [0.4, 0.5) is 10.1 Å². The van der Waals surface area contributed by atoms with Gasteiger partial charge in [0.05, 0.1) is 5.75 Å². The van der Waals surface area contributed by atoms with Gasteiger partial charge in [-0.1, -0.05) is 30.0 Å². The summed E-state index contributed by atoms with van der Waals surface area (Å²) in [6, 6.07) is 16.5.